The number of aliphatic hydroxyl groups excluding tert-OH is 1. The molecule has 41 heavy (non-hydrogen) atoms. The zero-order chi connectivity index (χ0) is 28.9. The van der Waals surface area contributed by atoms with Gasteiger partial charge in [-0.15, -0.1) is 12.4 Å². The van der Waals surface area contributed by atoms with Crippen LogP contribution in [0.4, 0.5) is 21.0 Å². The van der Waals surface area contributed by atoms with E-state index >= 15 is 0 Å². The van der Waals surface area contributed by atoms with Crippen molar-refractivity contribution in [2.24, 2.45) is 11.7 Å². The van der Waals surface area contributed by atoms with Crippen LogP contribution in [0.15, 0.2) is 78.9 Å². The van der Waals surface area contributed by atoms with E-state index in [4.69, 9.17) is 19.9 Å². The molecule has 2 unspecified atom stereocenters. The smallest absolute Gasteiger partial charge is 0.411 e. The van der Waals surface area contributed by atoms with E-state index < -0.39 is 24.3 Å². The van der Waals surface area contributed by atoms with Gasteiger partial charge in [0.1, 0.15) is 18.5 Å². The summed E-state index contributed by atoms with van der Waals surface area (Å²) in [6.07, 6.45) is -1.24. The van der Waals surface area contributed by atoms with Crippen LogP contribution in [0.1, 0.15) is 44.2 Å². The molecule has 0 fully saturated rings. The second kappa shape index (κ2) is 17.1. The summed E-state index contributed by atoms with van der Waals surface area (Å²) < 4.78 is 15.6. The highest BCUT2D eigenvalue weighted by atomic mass is 35.5. The second-order valence-corrected chi connectivity index (χ2v) is 9.47. The third-order valence-corrected chi connectivity index (χ3v) is 6.54. The van der Waals surface area contributed by atoms with E-state index in [1.165, 1.54) is 0 Å². The minimum atomic E-state index is -0.858. The lowest BCUT2D eigenvalue weighted by atomic mass is 9.81. The van der Waals surface area contributed by atoms with Gasteiger partial charge in [-0.3, -0.25) is 10.6 Å². The van der Waals surface area contributed by atoms with Crippen molar-refractivity contribution < 1.29 is 28.9 Å². The van der Waals surface area contributed by atoms with Crippen LogP contribution in [0.25, 0.3) is 0 Å². The van der Waals surface area contributed by atoms with E-state index in [2.05, 4.69) is 10.6 Å². The Hall–Kier alpha value is -3.79. The molecule has 3 atom stereocenters. The molecule has 2 amide bonds. The van der Waals surface area contributed by atoms with Crippen LogP contribution < -0.4 is 21.1 Å². The molecule has 0 saturated carbocycles. The van der Waals surface area contributed by atoms with Crippen LogP contribution in [0.5, 0.6) is 5.75 Å². The molecular weight excluding hydrogens is 546 g/mol. The van der Waals surface area contributed by atoms with Crippen molar-refractivity contribution in [3.63, 3.8) is 0 Å². The topological polar surface area (TPSA) is 132 Å². The van der Waals surface area contributed by atoms with E-state index in [-0.39, 0.29) is 44.1 Å². The molecule has 0 spiro atoms. The standard InChI is InChI=1S/C31H39N3O6.ClH/c1-4-38-30(36)33-24-15-11-22(12-16-24)27(23-13-17-25(18-14-23)34-31(37)39-5-2)19-21(3)29(32)28(35)20-40-26-9-7-6-8-10-26;/h6-18,21,27-29,35H,4-5,19-20,32H2,1-3H3,(H,33,36)(H,34,37);1H/t21?,28-,29?;/m0./s1. The number of benzene rings is 3. The first kappa shape index (κ1) is 33.4. The molecular formula is C31H40ClN3O6. The number of hydrogen-bond donors (Lipinski definition) is 4. The number of carbonyl (C=O) groups excluding carboxylic acids is 2. The average Bonchev–Trinajstić information content (AvgIpc) is 2.96. The normalized spacial score (nSPS) is 12.8. The number of halogens is 1. The predicted molar refractivity (Wildman–Crippen MR) is 163 cm³/mol. The molecule has 3 aromatic rings. The number of aliphatic hydroxyl groups is 1. The second-order valence-electron chi connectivity index (χ2n) is 9.47. The Bertz CT molecular complexity index is 1130. The number of anilines is 2. The van der Waals surface area contributed by atoms with Crippen LogP contribution >= 0.6 is 12.4 Å². The molecule has 0 bridgehead atoms. The monoisotopic (exact) mass is 585 g/mol. The minimum Gasteiger partial charge on any atom is -0.491 e. The zero-order valence-corrected chi connectivity index (χ0v) is 24.4. The lowest BCUT2D eigenvalue weighted by molar-refractivity contribution is 0.0668. The molecule has 0 heterocycles. The van der Waals surface area contributed by atoms with Crippen molar-refractivity contribution in [3.8, 4) is 5.75 Å². The summed E-state index contributed by atoms with van der Waals surface area (Å²) in [4.78, 5) is 23.6. The van der Waals surface area contributed by atoms with Gasteiger partial charge in [-0.25, -0.2) is 9.59 Å². The lowest BCUT2D eigenvalue weighted by Gasteiger charge is -2.29. The van der Waals surface area contributed by atoms with E-state index in [1.54, 1.807) is 13.8 Å². The Morgan fingerprint density at radius 3 is 1.71 bits per heavy atom. The summed E-state index contributed by atoms with van der Waals surface area (Å²) >= 11 is 0. The van der Waals surface area contributed by atoms with Crippen LogP contribution in [0.3, 0.4) is 0 Å². The number of hydrogen-bond acceptors (Lipinski definition) is 7. The number of nitrogens with one attached hydrogen (secondary N) is 2. The van der Waals surface area contributed by atoms with Crippen molar-refractivity contribution in [1.29, 1.82) is 0 Å². The highest BCUT2D eigenvalue weighted by Gasteiger charge is 2.26. The maximum absolute atomic E-state index is 11.8. The van der Waals surface area contributed by atoms with Gasteiger partial charge in [0.05, 0.1) is 13.2 Å². The first-order valence-corrected chi connectivity index (χ1v) is 13.5. The fourth-order valence-corrected chi connectivity index (χ4v) is 4.35. The predicted octanol–water partition coefficient (Wildman–Crippen LogP) is 6.17. The molecule has 0 aliphatic rings. The molecule has 3 aromatic carbocycles. The average molecular weight is 586 g/mol. The highest BCUT2D eigenvalue weighted by Crippen LogP contribution is 2.34. The van der Waals surface area contributed by atoms with Crippen LogP contribution in [-0.4, -0.2) is 49.3 Å². The molecule has 3 rings (SSSR count). The third-order valence-electron chi connectivity index (χ3n) is 6.54. The fourth-order valence-electron chi connectivity index (χ4n) is 4.35. The highest BCUT2D eigenvalue weighted by molar-refractivity contribution is 5.85. The van der Waals surface area contributed by atoms with Gasteiger partial charge in [0.2, 0.25) is 0 Å². The maximum atomic E-state index is 11.8. The van der Waals surface area contributed by atoms with Crippen LogP contribution in [0.2, 0.25) is 0 Å². The van der Waals surface area contributed by atoms with E-state index in [9.17, 15) is 14.7 Å². The van der Waals surface area contributed by atoms with Gasteiger partial charge in [0.15, 0.2) is 0 Å². The SMILES string of the molecule is CCOC(=O)Nc1ccc(C(CC(C)C(N)[C@@H](O)COc2ccccc2)c2ccc(NC(=O)OCC)cc2)cc1.Cl. The van der Waals surface area contributed by atoms with Crippen LogP contribution in [0, 0.1) is 5.92 Å². The quantitative estimate of drug-likeness (QED) is 0.188. The number of para-hydroxylation sites is 1. The molecule has 0 radical (unpaired) electrons. The summed E-state index contributed by atoms with van der Waals surface area (Å²) in [6.45, 7) is 6.16. The van der Waals surface area contributed by atoms with Gasteiger partial charge in [0.25, 0.3) is 0 Å². The summed E-state index contributed by atoms with van der Waals surface area (Å²) in [5.41, 5.74) is 9.75. The van der Waals surface area contributed by atoms with Crippen molar-refractivity contribution in [2.45, 2.75) is 45.3 Å². The summed E-state index contributed by atoms with van der Waals surface area (Å²) in [5.74, 6) is 0.526. The van der Waals surface area contributed by atoms with E-state index in [0.29, 0.717) is 23.5 Å². The van der Waals surface area contributed by atoms with Crippen molar-refractivity contribution in [3.05, 3.63) is 90.0 Å². The molecule has 0 aromatic heterocycles. The molecule has 9 nitrogen and oxygen atoms in total. The fraction of sp³-hybridized carbons (Fsp3) is 0.355. The number of ether oxygens (including phenoxy) is 3. The van der Waals surface area contributed by atoms with Crippen molar-refractivity contribution in [1.82, 2.24) is 0 Å². The molecule has 0 aliphatic carbocycles. The Morgan fingerprint density at radius 1 is 0.805 bits per heavy atom. The Labute approximate surface area is 247 Å². The summed E-state index contributed by atoms with van der Waals surface area (Å²) in [6, 6.07) is 23.9. The summed E-state index contributed by atoms with van der Waals surface area (Å²) in [7, 11) is 0. The number of carbonyl (C=O) groups is 2. The van der Waals surface area contributed by atoms with Crippen molar-refractivity contribution >= 4 is 36.0 Å². The molecule has 0 aliphatic heterocycles. The lowest BCUT2D eigenvalue weighted by Crippen LogP contribution is -2.44. The van der Waals surface area contributed by atoms with Gasteiger partial charge >= 0.3 is 12.2 Å². The third kappa shape index (κ3) is 10.6. The number of rotatable bonds is 13. The zero-order valence-electron chi connectivity index (χ0n) is 23.6. The van der Waals surface area contributed by atoms with Gasteiger partial charge in [-0.05, 0) is 73.7 Å². The molecule has 10 heteroatoms. The first-order valence-electron chi connectivity index (χ1n) is 13.5. The van der Waals surface area contributed by atoms with E-state index in [0.717, 1.165) is 11.1 Å². The minimum absolute atomic E-state index is 0. The van der Waals surface area contributed by atoms with Crippen molar-refractivity contribution in [2.75, 3.05) is 30.5 Å². The van der Waals surface area contributed by atoms with Gasteiger partial charge in [0, 0.05) is 23.3 Å². The maximum Gasteiger partial charge on any atom is 0.411 e. The van der Waals surface area contributed by atoms with Gasteiger partial charge in [-0.2, -0.15) is 0 Å². The van der Waals surface area contributed by atoms with Crippen LogP contribution in [-0.2, 0) is 9.47 Å². The Kier molecular flexibility index (Phi) is 14.0. The molecule has 5 N–H and O–H groups in total. The number of nitrogens with two attached hydrogens (primary N) is 1. The Balaban J connectivity index is 0.00000588. The summed E-state index contributed by atoms with van der Waals surface area (Å²) in [5, 5.41) is 16.2. The Morgan fingerprint density at radius 2 is 1.27 bits per heavy atom. The van der Waals surface area contributed by atoms with E-state index in [1.807, 2.05) is 85.8 Å². The number of amides is 2. The molecule has 222 valence electrons. The first-order chi connectivity index (χ1) is 19.3. The molecule has 0 saturated heterocycles. The van der Waals surface area contributed by atoms with Gasteiger partial charge < -0.3 is 25.1 Å². The van der Waals surface area contributed by atoms with Gasteiger partial charge in [-0.1, -0.05) is 49.4 Å². The largest absolute Gasteiger partial charge is 0.491 e.